The lowest BCUT2D eigenvalue weighted by Gasteiger charge is -2.15. The molecule has 0 N–H and O–H groups in total. The van der Waals surface area contributed by atoms with Crippen LogP contribution in [0.2, 0.25) is 0 Å². The number of ether oxygens (including phenoxy) is 2. The second-order valence-corrected chi connectivity index (χ2v) is 5.83. The Hall–Kier alpha value is -3.21. The van der Waals surface area contributed by atoms with Crippen LogP contribution in [-0.2, 0) is 6.42 Å². The van der Waals surface area contributed by atoms with E-state index < -0.39 is 6.04 Å². The van der Waals surface area contributed by atoms with Gasteiger partial charge in [-0.3, -0.25) is 4.98 Å². The molecule has 0 fully saturated rings. The summed E-state index contributed by atoms with van der Waals surface area (Å²) in [5, 5.41) is 3.33. The average molecular weight is 348 g/mol. The van der Waals surface area contributed by atoms with Crippen molar-refractivity contribution in [2.75, 3.05) is 14.2 Å². The minimum absolute atomic E-state index is 0.632. The standard InChI is InChI=1S/C21H20N2O3/c1-25-19-11-10-15(14-20(19)26-2)13-16-7-3-4-8-17(16)21(23-24)18-9-5-6-12-22-18/h3-12,14,21H,13H2,1-2H3. The van der Waals surface area contributed by atoms with Crippen molar-refractivity contribution in [3.63, 3.8) is 0 Å². The minimum atomic E-state index is -0.632. The quantitative estimate of drug-likeness (QED) is 0.588. The Balaban J connectivity index is 1.96. The molecule has 0 amide bonds. The Morgan fingerprint density at radius 2 is 1.73 bits per heavy atom. The smallest absolute Gasteiger partial charge is 0.160 e. The molecule has 5 heteroatoms. The fourth-order valence-corrected chi connectivity index (χ4v) is 2.98. The largest absolute Gasteiger partial charge is 0.493 e. The van der Waals surface area contributed by atoms with Crippen molar-refractivity contribution in [1.29, 1.82) is 0 Å². The molecule has 0 bridgehead atoms. The highest BCUT2D eigenvalue weighted by Gasteiger charge is 2.19. The van der Waals surface area contributed by atoms with E-state index in [2.05, 4.69) is 10.2 Å². The van der Waals surface area contributed by atoms with Crippen LogP contribution in [0.15, 0.2) is 72.0 Å². The lowest BCUT2D eigenvalue weighted by Crippen LogP contribution is -2.04. The molecule has 0 aliphatic carbocycles. The van der Waals surface area contributed by atoms with Gasteiger partial charge in [-0.25, -0.2) is 0 Å². The molecule has 3 rings (SSSR count). The number of rotatable bonds is 7. The molecule has 0 aliphatic rings. The first-order valence-electron chi connectivity index (χ1n) is 8.29. The molecule has 0 saturated carbocycles. The molecule has 1 unspecified atom stereocenters. The zero-order valence-corrected chi connectivity index (χ0v) is 14.8. The van der Waals surface area contributed by atoms with Crippen LogP contribution >= 0.6 is 0 Å². The molecule has 5 nitrogen and oxygen atoms in total. The van der Waals surface area contributed by atoms with E-state index in [-0.39, 0.29) is 0 Å². The van der Waals surface area contributed by atoms with Crippen LogP contribution < -0.4 is 9.47 Å². The van der Waals surface area contributed by atoms with Crippen molar-refractivity contribution in [2.45, 2.75) is 12.5 Å². The third-order valence-electron chi connectivity index (χ3n) is 4.27. The van der Waals surface area contributed by atoms with E-state index in [4.69, 9.17) is 9.47 Å². The van der Waals surface area contributed by atoms with Crippen LogP contribution in [0.5, 0.6) is 11.5 Å². The van der Waals surface area contributed by atoms with Crippen molar-refractivity contribution in [3.05, 3.63) is 94.2 Å². The van der Waals surface area contributed by atoms with Gasteiger partial charge in [0.05, 0.1) is 19.9 Å². The van der Waals surface area contributed by atoms with E-state index in [1.807, 2.05) is 60.7 Å². The average Bonchev–Trinajstić information content (AvgIpc) is 2.70. The molecular weight excluding hydrogens is 328 g/mol. The van der Waals surface area contributed by atoms with Gasteiger partial charge in [-0.1, -0.05) is 41.6 Å². The van der Waals surface area contributed by atoms with Crippen LogP contribution in [0.1, 0.15) is 28.4 Å². The molecule has 1 heterocycles. The van der Waals surface area contributed by atoms with Crippen molar-refractivity contribution >= 4 is 0 Å². The summed E-state index contributed by atoms with van der Waals surface area (Å²) in [4.78, 5) is 15.9. The fraction of sp³-hybridized carbons (Fsp3) is 0.190. The highest BCUT2D eigenvalue weighted by atomic mass is 16.5. The summed E-state index contributed by atoms with van der Waals surface area (Å²) >= 11 is 0. The Bertz CT molecular complexity index is 881. The van der Waals surface area contributed by atoms with Gasteiger partial charge in [-0.2, -0.15) is 0 Å². The highest BCUT2D eigenvalue weighted by Crippen LogP contribution is 2.31. The number of nitroso groups, excluding NO2 is 1. The lowest BCUT2D eigenvalue weighted by molar-refractivity contribution is 0.354. The molecule has 132 valence electrons. The Morgan fingerprint density at radius 3 is 2.42 bits per heavy atom. The maximum absolute atomic E-state index is 11.6. The second kappa shape index (κ2) is 8.25. The summed E-state index contributed by atoms with van der Waals surface area (Å²) in [6.45, 7) is 0. The fourth-order valence-electron chi connectivity index (χ4n) is 2.98. The Labute approximate surface area is 152 Å². The molecule has 3 aromatic rings. The van der Waals surface area contributed by atoms with Crippen molar-refractivity contribution < 1.29 is 9.47 Å². The first-order valence-corrected chi connectivity index (χ1v) is 8.29. The number of hydrogen-bond donors (Lipinski definition) is 0. The zero-order valence-electron chi connectivity index (χ0n) is 14.8. The molecule has 2 aromatic carbocycles. The number of hydrogen-bond acceptors (Lipinski definition) is 5. The number of nitrogens with zero attached hydrogens (tertiary/aromatic N) is 2. The highest BCUT2D eigenvalue weighted by molar-refractivity contribution is 5.45. The van der Waals surface area contributed by atoms with Gasteiger partial charge in [0.2, 0.25) is 0 Å². The number of aromatic nitrogens is 1. The molecule has 26 heavy (non-hydrogen) atoms. The van der Waals surface area contributed by atoms with Crippen LogP contribution in [0.3, 0.4) is 0 Å². The van der Waals surface area contributed by atoms with E-state index in [1.54, 1.807) is 20.4 Å². The van der Waals surface area contributed by atoms with E-state index in [1.165, 1.54) is 0 Å². The third-order valence-corrected chi connectivity index (χ3v) is 4.27. The van der Waals surface area contributed by atoms with Gasteiger partial charge in [-0.05, 0) is 47.4 Å². The van der Waals surface area contributed by atoms with Gasteiger partial charge < -0.3 is 9.47 Å². The van der Waals surface area contributed by atoms with Crippen molar-refractivity contribution in [2.24, 2.45) is 5.18 Å². The predicted octanol–water partition coefficient (Wildman–Crippen LogP) is 4.55. The molecule has 0 radical (unpaired) electrons. The first-order chi connectivity index (χ1) is 12.8. The summed E-state index contributed by atoms with van der Waals surface area (Å²) < 4.78 is 10.7. The maximum Gasteiger partial charge on any atom is 0.160 e. The SMILES string of the molecule is COc1ccc(Cc2ccccc2C(N=O)c2ccccn2)cc1OC. The Morgan fingerprint density at radius 1 is 0.962 bits per heavy atom. The van der Waals surface area contributed by atoms with Gasteiger partial charge >= 0.3 is 0 Å². The van der Waals surface area contributed by atoms with Crippen LogP contribution in [0.25, 0.3) is 0 Å². The summed E-state index contributed by atoms with van der Waals surface area (Å²) in [6, 6.07) is 18.5. The molecule has 1 atom stereocenters. The molecule has 1 aromatic heterocycles. The monoisotopic (exact) mass is 348 g/mol. The summed E-state index contributed by atoms with van der Waals surface area (Å²) in [5.41, 5.74) is 3.58. The van der Waals surface area contributed by atoms with E-state index >= 15 is 0 Å². The van der Waals surface area contributed by atoms with Crippen LogP contribution in [-0.4, -0.2) is 19.2 Å². The zero-order chi connectivity index (χ0) is 18.4. The molecular formula is C21H20N2O3. The third kappa shape index (κ3) is 3.72. The lowest BCUT2D eigenvalue weighted by atomic mass is 9.93. The van der Waals surface area contributed by atoms with E-state index in [0.29, 0.717) is 23.6 Å². The topological polar surface area (TPSA) is 60.8 Å². The van der Waals surface area contributed by atoms with Crippen LogP contribution in [0, 0.1) is 4.91 Å². The predicted molar refractivity (Wildman–Crippen MR) is 101 cm³/mol. The second-order valence-electron chi connectivity index (χ2n) is 5.83. The van der Waals surface area contributed by atoms with Gasteiger partial charge in [0.25, 0.3) is 0 Å². The number of pyridine rings is 1. The molecule has 0 saturated heterocycles. The van der Waals surface area contributed by atoms with E-state index in [0.717, 1.165) is 16.7 Å². The van der Waals surface area contributed by atoms with Crippen molar-refractivity contribution in [3.8, 4) is 11.5 Å². The normalized spacial score (nSPS) is 11.6. The summed E-state index contributed by atoms with van der Waals surface area (Å²) in [6.07, 6.45) is 2.32. The van der Waals surface area contributed by atoms with Gasteiger partial charge in [-0.15, -0.1) is 4.91 Å². The summed E-state index contributed by atoms with van der Waals surface area (Å²) in [5.74, 6) is 1.36. The number of methoxy groups -OCH3 is 2. The molecule has 0 aliphatic heterocycles. The van der Waals surface area contributed by atoms with Gasteiger partial charge in [0.1, 0.15) is 0 Å². The Kier molecular flexibility index (Phi) is 5.59. The number of benzene rings is 2. The first kappa shape index (κ1) is 17.6. The van der Waals surface area contributed by atoms with Gasteiger partial charge in [0.15, 0.2) is 17.5 Å². The van der Waals surface area contributed by atoms with Crippen LogP contribution in [0.4, 0.5) is 0 Å². The molecule has 0 spiro atoms. The van der Waals surface area contributed by atoms with E-state index in [9.17, 15) is 4.91 Å². The summed E-state index contributed by atoms with van der Waals surface area (Å²) in [7, 11) is 3.23. The minimum Gasteiger partial charge on any atom is -0.493 e. The maximum atomic E-state index is 11.6. The van der Waals surface area contributed by atoms with Gasteiger partial charge in [0, 0.05) is 6.20 Å². The van der Waals surface area contributed by atoms with Crippen molar-refractivity contribution in [1.82, 2.24) is 4.98 Å².